The second-order valence-electron chi connectivity index (χ2n) is 5.47. The molecule has 0 amide bonds. The van der Waals surface area contributed by atoms with Crippen LogP contribution in [0.4, 0.5) is 0 Å². The maximum atomic E-state index is 4.52. The molecule has 0 aromatic heterocycles. The average molecular weight is 240 g/mol. The van der Waals surface area contributed by atoms with E-state index in [1.807, 2.05) is 0 Å². The minimum atomic E-state index is 0.804. The molecule has 0 spiro atoms. The van der Waals surface area contributed by atoms with Gasteiger partial charge in [-0.05, 0) is 48.3 Å². The quantitative estimate of drug-likeness (QED) is 0.586. The normalized spacial score (nSPS) is 27.6. The predicted molar refractivity (Wildman–Crippen MR) is 76.9 cm³/mol. The van der Waals surface area contributed by atoms with Crippen LogP contribution in [0.25, 0.3) is 0 Å². The topological polar surface area (TPSA) is 0 Å². The molecule has 1 rings (SSSR count). The van der Waals surface area contributed by atoms with Gasteiger partial charge in [-0.2, -0.15) is 0 Å². The Labute approximate surface area is 107 Å². The first-order chi connectivity index (χ1) is 7.67. The molecular formula is C15H28S. The summed E-state index contributed by atoms with van der Waals surface area (Å²) in [5, 5.41) is 0. The average Bonchev–Trinajstić information content (AvgIpc) is 2.30. The Balaban J connectivity index is 2.31. The van der Waals surface area contributed by atoms with Crippen molar-refractivity contribution in [1.29, 1.82) is 0 Å². The molecule has 0 fully saturated rings. The van der Waals surface area contributed by atoms with Gasteiger partial charge in [-0.15, -0.1) is 12.6 Å². The predicted octanol–water partition coefficient (Wildman–Crippen LogP) is 5.45. The molecule has 0 nitrogen and oxygen atoms in total. The summed E-state index contributed by atoms with van der Waals surface area (Å²) in [6.07, 6.45) is 11.9. The largest absolute Gasteiger partial charge is 0.148 e. The van der Waals surface area contributed by atoms with Crippen LogP contribution in [-0.4, -0.2) is 0 Å². The molecule has 1 heteroatoms. The molecule has 3 atom stereocenters. The molecule has 0 aliphatic heterocycles. The van der Waals surface area contributed by atoms with Crippen molar-refractivity contribution in [2.24, 2.45) is 17.8 Å². The van der Waals surface area contributed by atoms with Crippen molar-refractivity contribution in [1.82, 2.24) is 0 Å². The van der Waals surface area contributed by atoms with E-state index >= 15 is 0 Å². The van der Waals surface area contributed by atoms with Crippen molar-refractivity contribution < 1.29 is 0 Å². The van der Waals surface area contributed by atoms with E-state index < -0.39 is 0 Å². The second-order valence-corrected chi connectivity index (χ2v) is 6.05. The van der Waals surface area contributed by atoms with E-state index in [1.54, 1.807) is 0 Å². The van der Waals surface area contributed by atoms with Gasteiger partial charge in [0.15, 0.2) is 0 Å². The van der Waals surface area contributed by atoms with Gasteiger partial charge in [0.2, 0.25) is 0 Å². The van der Waals surface area contributed by atoms with E-state index in [4.69, 9.17) is 0 Å². The lowest BCUT2D eigenvalue weighted by Crippen LogP contribution is -2.16. The molecule has 0 saturated carbocycles. The van der Waals surface area contributed by atoms with Crippen LogP contribution in [0.2, 0.25) is 0 Å². The van der Waals surface area contributed by atoms with Crippen molar-refractivity contribution >= 4 is 12.6 Å². The first-order valence-corrected chi connectivity index (χ1v) is 7.51. The highest BCUT2D eigenvalue weighted by molar-refractivity contribution is 7.84. The molecule has 94 valence electrons. The second kappa shape index (κ2) is 7.42. The highest BCUT2D eigenvalue weighted by Gasteiger charge is 2.22. The van der Waals surface area contributed by atoms with Crippen LogP contribution in [0, 0.1) is 17.8 Å². The molecule has 16 heavy (non-hydrogen) atoms. The molecule has 0 aromatic carbocycles. The Morgan fingerprint density at radius 1 is 1.44 bits per heavy atom. The summed E-state index contributed by atoms with van der Waals surface area (Å²) >= 11 is 4.52. The fourth-order valence-corrected chi connectivity index (χ4v) is 3.08. The maximum Gasteiger partial charge on any atom is -0.0197 e. The van der Waals surface area contributed by atoms with Gasteiger partial charge in [-0.1, -0.05) is 46.1 Å². The first kappa shape index (κ1) is 14.2. The number of rotatable bonds is 6. The van der Waals surface area contributed by atoms with Gasteiger partial charge in [-0.25, -0.2) is 0 Å². The molecule has 1 aliphatic rings. The molecule has 0 N–H and O–H groups in total. The van der Waals surface area contributed by atoms with Crippen LogP contribution in [0.5, 0.6) is 0 Å². The highest BCUT2D eigenvalue weighted by Crippen LogP contribution is 2.35. The summed E-state index contributed by atoms with van der Waals surface area (Å²) in [5.74, 6) is 2.66. The lowest BCUT2D eigenvalue weighted by Gasteiger charge is -2.28. The highest BCUT2D eigenvalue weighted by atomic mass is 32.1. The molecule has 0 heterocycles. The third kappa shape index (κ3) is 4.53. The summed E-state index contributed by atoms with van der Waals surface area (Å²) in [7, 11) is 0. The van der Waals surface area contributed by atoms with Gasteiger partial charge < -0.3 is 0 Å². The van der Waals surface area contributed by atoms with Gasteiger partial charge in [0.1, 0.15) is 0 Å². The SMILES string of the molecule is CCC(C)CCCC1CCC(S)=CC1CC. The summed E-state index contributed by atoms with van der Waals surface area (Å²) in [6.45, 7) is 7.00. The third-order valence-corrected chi connectivity index (χ3v) is 4.60. The zero-order chi connectivity index (χ0) is 12.0. The van der Waals surface area contributed by atoms with Crippen LogP contribution < -0.4 is 0 Å². The van der Waals surface area contributed by atoms with E-state index in [2.05, 4.69) is 39.5 Å². The molecule has 3 unspecified atom stereocenters. The molecule has 0 radical (unpaired) electrons. The van der Waals surface area contributed by atoms with Gasteiger partial charge in [-0.3, -0.25) is 0 Å². The Morgan fingerprint density at radius 3 is 2.81 bits per heavy atom. The molecule has 1 aliphatic carbocycles. The van der Waals surface area contributed by atoms with E-state index in [9.17, 15) is 0 Å². The zero-order valence-corrected chi connectivity index (χ0v) is 12.1. The van der Waals surface area contributed by atoms with Crippen molar-refractivity contribution in [3.8, 4) is 0 Å². The van der Waals surface area contributed by atoms with Crippen LogP contribution in [-0.2, 0) is 0 Å². The fourth-order valence-electron chi connectivity index (χ4n) is 2.76. The Kier molecular flexibility index (Phi) is 6.57. The van der Waals surface area contributed by atoms with E-state index in [-0.39, 0.29) is 0 Å². The number of hydrogen-bond donors (Lipinski definition) is 1. The summed E-state index contributed by atoms with van der Waals surface area (Å²) < 4.78 is 0. The van der Waals surface area contributed by atoms with Crippen molar-refractivity contribution in [3.63, 3.8) is 0 Å². The van der Waals surface area contributed by atoms with Crippen molar-refractivity contribution in [3.05, 3.63) is 11.0 Å². The van der Waals surface area contributed by atoms with Crippen LogP contribution in [0.1, 0.15) is 65.7 Å². The lowest BCUT2D eigenvalue weighted by molar-refractivity contribution is 0.305. The fraction of sp³-hybridized carbons (Fsp3) is 0.867. The number of thiol groups is 1. The van der Waals surface area contributed by atoms with Gasteiger partial charge in [0, 0.05) is 0 Å². The first-order valence-electron chi connectivity index (χ1n) is 7.07. The summed E-state index contributed by atoms with van der Waals surface area (Å²) in [4.78, 5) is 1.32. The van der Waals surface area contributed by atoms with Crippen molar-refractivity contribution in [2.75, 3.05) is 0 Å². The Bertz CT molecular complexity index is 219. The van der Waals surface area contributed by atoms with E-state index in [0.29, 0.717) is 0 Å². The van der Waals surface area contributed by atoms with Crippen molar-refractivity contribution in [2.45, 2.75) is 65.7 Å². The van der Waals surface area contributed by atoms with E-state index in [0.717, 1.165) is 17.8 Å². The van der Waals surface area contributed by atoms with E-state index in [1.165, 1.54) is 49.9 Å². The maximum absolute atomic E-state index is 4.52. The number of hydrogen-bond acceptors (Lipinski definition) is 1. The third-order valence-electron chi connectivity index (χ3n) is 4.22. The smallest absolute Gasteiger partial charge is 0.0197 e. The molecular weight excluding hydrogens is 212 g/mol. The van der Waals surface area contributed by atoms with Crippen LogP contribution in [0.15, 0.2) is 11.0 Å². The summed E-state index contributed by atoms with van der Waals surface area (Å²) in [6, 6.07) is 0. The molecule has 0 aromatic rings. The zero-order valence-electron chi connectivity index (χ0n) is 11.2. The Hall–Kier alpha value is 0.0900. The summed E-state index contributed by atoms with van der Waals surface area (Å²) in [5.41, 5.74) is 0. The monoisotopic (exact) mass is 240 g/mol. The minimum absolute atomic E-state index is 0.804. The van der Waals surface area contributed by atoms with Crippen LogP contribution >= 0.6 is 12.6 Å². The molecule has 0 bridgehead atoms. The standard InChI is InChI=1S/C15H28S/c1-4-12(3)7-6-8-14-9-10-15(16)11-13(14)5-2/h11-14,16H,4-10H2,1-3H3. The lowest BCUT2D eigenvalue weighted by atomic mass is 9.79. The minimum Gasteiger partial charge on any atom is -0.148 e. The Morgan fingerprint density at radius 2 is 2.19 bits per heavy atom. The number of allylic oxidation sites excluding steroid dienone is 2. The van der Waals surface area contributed by atoms with Gasteiger partial charge >= 0.3 is 0 Å². The molecule has 0 saturated heterocycles. The van der Waals surface area contributed by atoms with Crippen LogP contribution in [0.3, 0.4) is 0 Å². The van der Waals surface area contributed by atoms with Gasteiger partial charge in [0.25, 0.3) is 0 Å². The van der Waals surface area contributed by atoms with Gasteiger partial charge in [0.05, 0.1) is 0 Å².